The van der Waals surface area contributed by atoms with Crippen molar-refractivity contribution in [3.8, 4) is 5.75 Å². The van der Waals surface area contributed by atoms with Gasteiger partial charge in [0.1, 0.15) is 5.75 Å². The first-order valence-electron chi connectivity index (χ1n) is 10.0. The Bertz CT molecular complexity index is 857. The van der Waals surface area contributed by atoms with Gasteiger partial charge < -0.3 is 15.0 Å². The smallest absolute Gasteiger partial charge is 0.225 e. The van der Waals surface area contributed by atoms with E-state index < -0.39 is 0 Å². The second kappa shape index (κ2) is 8.68. The lowest BCUT2D eigenvalue weighted by molar-refractivity contribution is -0.129. The van der Waals surface area contributed by atoms with Gasteiger partial charge in [0.15, 0.2) is 0 Å². The number of aryl methyl sites for hydroxylation is 1. The van der Waals surface area contributed by atoms with Gasteiger partial charge in [0, 0.05) is 31.5 Å². The molecule has 1 unspecified atom stereocenters. The summed E-state index contributed by atoms with van der Waals surface area (Å²) in [5, 5.41) is 3.06. The van der Waals surface area contributed by atoms with Gasteiger partial charge in [-0.2, -0.15) is 0 Å². The molecular formula is C24H30N2O3. The lowest BCUT2D eigenvalue weighted by Gasteiger charge is -2.26. The molecular weight excluding hydrogens is 364 g/mol. The number of carbonyl (C=O) groups is 2. The van der Waals surface area contributed by atoms with E-state index in [4.69, 9.17) is 4.74 Å². The zero-order valence-corrected chi connectivity index (χ0v) is 17.7. The van der Waals surface area contributed by atoms with Gasteiger partial charge in [0.2, 0.25) is 11.8 Å². The fourth-order valence-electron chi connectivity index (χ4n) is 3.61. The molecule has 3 rings (SSSR count). The molecule has 29 heavy (non-hydrogen) atoms. The molecule has 0 bridgehead atoms. The van der Waals surface area contributed by atoms with E-state index in [9.17, 15) is 9.59 Å². The van der Waals surface area contributed by atoms with Crippen LogP contribution in [0, 0.1) is 12.8 Å². The molecule has 0 aromatic heterocycles. The van der Waals surface area contributed by atoms with Crippen molar-refractivity contribution in [2.75, 3.05) is 20.2 Å². The van der Waals surface area contributed by atoms with Crippen molar-refractivity contribution in [3.05, 3.63) is 65.2 Å². The number of amides is 2. The van der Waals surface area contributed by atoms with Gasteiger partial charge in [-0.25, -0.2) is 0 Å². The topological polar surface area (TPSA) is 58.6 Å². The van der Waals surface area contributed by atoms with E-state index in [-0.39, 0.29) is 29.6 Å². The van der Waals surface area contributed by atoms with E-state index in [1.54, 1.807) is 12.0 Å². The monoisotopic (exact) mass is 394 g/mol. The number of carbonyl (C=O) groups excluding carboxylic acids is 2. The minimum absolute atomic E-state index is 0.0266. The summed E-state index contributed by atoms with van der Waals surface area (Å²) >= 11 is 0. The number of likely N-dealkylation sites (tertiary alicyclic amines) is 1. The molecule has 1 N–H and O–H groups in total. The molecule has 0 aliphatic carbocycles. The van der Waals surface area contributed by atoms with E-state index in [1.807, 2.05) is 24.3 Å². The highest BCUT2D eigenvalue weighted by molar-refractivity contribution is 5.89. The molecule has 1 heterocycles. The van der Waals surface area contributed by atoms with Gasteiger partial charge >= 0.3 is 0 Å². The largest absolute Gasteiger partial charge is 0.497 e. The molecule has 2 aromatic carbocycles. The van der Waals surface area contributed by atoms with Crippen LogP contribution >= 0.6 is 0 Å². The Balaban J connectivity index is 1.54. The molecule has 1 aliphatic rings. The van der Waals surface area contributed by atoms with Crippen molar-refractivity contribution < 1.29 is 14.3 Å². The first-order chi connectivity index (χ1) is 13.8. The first-order valence-corrected chi connectivity index (χ1v) is 10.0. The van der Waals surface area contributed by atoms with Crippen LogP contribution in [0.4, 0.5) is 0 Å². The maximum atomic E-state index is 12.7. The van der Waals surface area contributed by atoms with Crippen molar-refractivity contribution in [3.63, 3.8) is 0 Å². The molecule has 1 fully saturated rings. The second-order valence-electron chi connectivity index (χ2n) is 8.49. The third-order valence-electron chi connectivity index (χ3n) is 5.66. The summed E-state index contributed by atoms with van der Waals surface area (Å²) in [6.45, 7) is 7.82. The van der Waals surface area contributed by atoms with Crippen molar-refractivity contribution in [2.45, 2.75) is 39.2 Å². The van der Waals surface area contributed by atoms with Crippen LogP contribution in [0.15, 0.2) is 48.5 Å². The average Bonchev–Trinajstić information content (AvgIpc) is 3.07. The number of hydrogen-bond acceptors (Lipinski definition) is 3. The second-order valence-corrected chi connectivity index (χ2v) is 8.49. The van der Waals surface area contributed by atoms with Gasteiger partial charge in [-0.3, -0.25) is 9.59 Å². The van der Waals surface area contributed by atoms with Crippen LogP contribution in [0.5, 0.6) is 5.75 Å². The summed E-state index contributed by atoms with van der Waals surface area (Å²) in [6.07, 6.45) is 0.271. The first kappa shape index (κ1) is 20.9. The quantitative estimate of drug-likeness (QED) is 0.783. The van der Waals surface area contributed by atoms with Crippen molar-refractivity contribution in [1.82, 2.24) is 10.2 Å². The summed E-state index contributed by atoms with van der Waals surface area (Å²) in [5.74, 6) is 0.471. The lowest BCUT2D eigenvalue weighted by Crippen LogP contribution is -2.40. The lowest BCUT2D eigenvalue weighted by atomic mass is 9.84. The average molecular weight is 395 g/mol. The number of benzene rings is 2. The molecule has 0 radical (unpaired) electrons. The summed E-state index contributed by atoms with van der Waals surface area (Å²) in [4.78, 5) is 26.9. The molecule has 1 saturated heterocycles. The van der Waals surface area contributed by atoms with Crippen LogP contribution in [-0.2, 0) is 21.5 Å². The highest BCUT2D eigenvalue weighted by Gasteiger charge is 2.35. The Labute approximate surface area is 173 Å². The van der Waals surface area contributed by atoms with E-state index in [1.165, 1.54) is 11.1 Å². The molecule has 0 saturated carbocycles. The van der Waals surface area contributed by atoms with Gasteiger partial charge in [-0.05, 0) is 30.2 Å². The van der Waals surface area contributed by atoms with Gasteiger partial charge in [0.05, 0.1) is 13.0 Å². The molecule has 1 aliphatic heterocycles. The minimum Gasteiger partial charge on any atom is -0.497 e. The molecule has 0 spiro atoms. The predicted octanol–water partition coefficient (Wildman–Crippen LogP) is 3.45. The normalized spacial score (nSPS) is 16.8. The summed E-state index contributed by atoms with van der Waals surface area (Å²) < 4.78 is 5.17. The number of hydrogen-bond donors (Lipinski definition) is 1. The maximum Gasteiger partial charge on any atom is 0.225 e. The van der Waals surface area contributed by atoms with E-state index >= 15 is 0 Å². The fourth-order valence-corrected chi connectivity index (χ4v) is 3.61. The highest BCUT2D eigenvalue weighted by Crippen LogP contribution is 2.24. The molecule has 5 heteroatoms. The third kappa shape index (κ3) is 5.17. The molecule has 1 atom stereocenters. The van der Waals surface area contributed by atoms with Crippen LogP contribution in [0.2, 0.25) is 0 Å². The zero-order valence-electron chi connectivity index (χ0n) is 17.7. The zero-order chi connectivity index (χ0) is 21.0. The molecule has 2 aromatic rings. The number of rotatable bonds is 7. The van der Waals surface area contributed by atoms with Crippen LogP contribution in [0.1, 0.15) is 37.0 Å². The molecule has 5 nitrogen and oxygen atoms in total. The number of methoxy groups -OCH3 is 1. The Morgan fingerprint density at radius 2 is 1.79 bits per heavy atom. The SMILES string of the molecule is COc1ccc(CN2CC(C(=O)NCC(C)(C)c3ccc(C)cc3)CC2=O)cc1. The van der Waals surface area contributed by atoms with Crippen molar-refractivity contribution in [1.29, 1.82) is 0 Å². The molecule has 2 amide bonds. The van der Waals surface area contributed by atoms with E-state index in [2.05, 4.69) is 50.4 Å². The number of nitrogens with zero attached hydrogens (tertiary/aromatic N) is 1. The number of nitrogens with one attached hydrogen (secondary N) is 1. The van der Waals surface area contributed by atoms with Crippen LogP contribution in [-0.4, -0.2) is 36.9 Å². The van der Waals surface area contributed by atoms with Crippen molar-refractivity contribution in [2.24, 2.45) is 5.92 Å². The Morgan fingerprint density at radius 3 is 2.41 bits per heavy atom. The minimum atomic E-state index is -0.297. The summed E-state index contributed by atoms with van der Waals surface area (Å²) in [6, 6.07) is 16.1. The van der Waals surface area contributed by atoms with E-state index in [0.717, 1.165) is 11.3 Å². The highest BCUT2D eigenvalue weighted by atomic mass is 16.5. The maximum absolute atomic E-state index is 12.7. The van der Waals surface area contributed by atoms with Gasteiger partial charge in [0.25, 0.3) is 0 Å². The van der Waals surface area contributed by atoms with Gasteiger partial charge in [-0.15, -0.1) is 0 Å². The summed E-state index contributed by atoms with van der Waals surface area (Å²) in [5.41, 5.74) is 3.26. The van der Waals surface area contributed by atoms with Crippen LogP contribution in [0.25, 0.3) is 0 Å². The Hall–Kier alpha value is -2.82. The predicted molar refractivity (Wildman–Crippen MR) is 114 cm³/mol. The third-order valence-corrected chi connectivity index (χ3v) is 5.66. The van der Waals surface area contributed by atoms with Crippen molar-refractivity contribution >= 4 is 11.8 Å². The Kier molecular flexibility index (Phi) is 6.26. The van der Waals surface area contributed by atoms with E-state index in [0.29, 0.717) is 19.6 Å². The molecule has 154 valence electrons. The fraction of sp³-hybridized carbons (Fsp3) is 0.417. The van der Waals surface area contributed by atoms with Crippen LogP contribution in [0.3, 0.4) is 0 Å². The summed E-state index contributed by atoms with van der Waals surface area (Å²) in [7, 11) is 1.63. The number of ether oxygens (including phenoxy) is 1. The van der Waals surface area contributed by atoms with Gasteiger partial charge in [-0.1, -0.05) is 55.8 Å². The Morgan fingerprint density at radius 1 is 1.14 bits per heavy atom. The standard InChI is InChI=1S/C24H30N2O3/c1-17-5-9-20(10-6-17)24(2,3)16-25-23(28)19-13-22(27)26(15-19)14-18-7-11-21(29-4)12-8-18/h5-12,19H,13-16H2,1-4H3,(H,25,28). The van der Waals surface area contributed by atoms with Crippen LogP contribution < -0.4 is 10.1 Å².